The van der Waals surface area contributed by atoms with Gasteiger partial charge in [-0.1, -0.05) is 17.9 Å². The second-order valence-corrected chi connectivity index (χ2v) is 7.61. The average molecular weight is 432 g/mol. The molecule has 0 atom stereocenters. The SMILES string of the molecule is COc1c(F)cccc1Nc1c(-c2ccncc2C#CC2COC2)[nH]c2c1C(=O)NCC2. The minimum Gasteiger partial charge on any atom is -0.492 e. The Morgan fingerprint density at radius 3 is 2.97 bits per heavy atom. The smallest absolute Gasteiger partial charge is 0.255 e. The molecule has 7 nitrogen and oxygen atoms in total. The van der Waals surface area contributed by atoms with Gasteiger partial charge in [-0.25, -0.2) is 4.39 Å². The first kappa shape index (κ1) is 20.1. The highest BCUT2D eigenvalue weighted by Gasteiger charge is 2.28. The van der Waals surface area contributed by atoms with Crippen LogP contribution in [0, 0.1) is 23.6 Å². The lowest BCUT2D eigenvalue weighted by molar-refractivity contribution is -0.00300. The standard InChI is InChI=1S/C24H21FN4O3/c1-31-23-17(25)3-2-4-19(23)29-22-20-18(8-10-27-24(20)30)28-21(22)16-7-9-26-11-15(16)6-5-14-12-32-13-14/h2-4,7,9,11,14,28-29H,8,10,12-13H2,1H3,(H,27,30). The van der Waals surface area contributed by atoms with Crippen molar-refractivity contribution in [3.63, 3.8) is 0 Å². The molecule has 1 saturated heterocycles. The monoisotopic (exact) mass is 432 g/mol. The van der Waals surface area contributed by atoms with Crippen LogP contribution in [0.2, 0.25) is 0 Å². The number of rotatable bonds is 4. The third-order valence-electron chi connectivity index (χ3n) is 5.54. The number of hydrogen-bond acceptors (Lipinski definition) is 5. The summed E-state index contributed by atoms with van der Waals surface area (Å²) >= 11 is 0. The highest BCUT2D eigenvalue weighted by Crippen LogP contribution is 2.40. The molecule has 4 heterocycles. The second kappa shape index (κ2) is 8.36. The Kier molecular flexibility index (Phi) is 5.25. The lowest BCUT2D eigenvalue weighted by Crippen LogP contribution is -2.31. The molecule has 162 valence electrons. The molecule has 8 heteroatoms. The lowest BCUT2D eigenvalue weighted by atomic mass is 10.0. The minimum absolute atomic E-state index is 0.0735. The van der Waals surface area contributed by atoms with E-state index in [1.54, 1.807) is 24.5 Å². The van der Waals surface area contributed by atoms with Crippen LogP contribution in [0.25, 0.3) is 11.3 Å². The maximum absolute atomic E-state index is 14.3. The van der Waals surface area contributed by atoms with Gasteiger partial charge in [0, 0.05) is 36.6 Å². The van der Waals surface area contributed by atoms with Gasteiger partial charge in [0.15, 0.2) is 11.6 Å². The molecule has 2 aromatic heterocycles. The molecule has 0 radical (unpaired) electrons. The number of nitrogens with zero attached hydrogens (tertiary/aromatic N) is 1. The van der Waals surface area contributed by atoms with Gasteiger partial charge in [0.2, 0.25) is 0 Å². The molecular formula is C24H21FN4O3. The number of aromatic nitrogens is 2. The van der Waals surface area contributed by atoms with Crippen LogP contribution >= 0.6 is 0 Å². The van der Waals surface area contributed by atoms with Crippen LogP contribution < -0.4 is 15.4 Å². The van der Waals surface area contributed by atoms with E-state index >= 15 is 0 Å². The first-order chi connectivity index (χ1) is 15.7. The molecule has 1 aromatic carbocycles. The van der Waals surface area contributed by atoms with Gasteiger partial charge in [0.05, 0.1) is 54.4 Å². The van der Waals surface area contributed by atoms with Gasteiger partial charge in [0.1, 0.15) is 0 Å². The summed E-state index contributed by atoms with van der Waals surface area (Å²) in [4.78, 5) is 20.4. The fraction of sp³-hybridized carbons (Fsp3) is 0.250. The molecule has 2 aliphatic rings. The summed E-state index contributed by atoms with van der Waals surface area (Å²) in [7, 11) is 1.41. The number of pyridine rings is 1. The first-order valence-corrected chi connectivity index (χ1v) is 10.3. The Labute approximate surface area is 184 Å². The van der Waals surface area contributed by atoms with Gasteiger partial charge in [-0.3, -0.25) is 9.78 Å². The Bertz CT molecular complexity index is 1250. The maximum Gasteiger partial charge on any atom is 0.255 e. The van der Waals surface area contributed by atoms with Crippen LogP contribution in [0.5, 0.6) is 5.75 Å². The van der Waals surface area contributed by atoms with E-state index in [1.165, 1.54) is 13.2 Å². The molecule has 5 rings (SSSR count). The van der Waals surface area contributed by atoms with E-state index in [9.17, 15) is 9.18 Å². The number of hydrogen-bond donors (Lipinski definition) is 3. The van der Waals surface area contributed by atoms with Crippen molar-refractivity contribution in [1.82, 2.24) is 15.3 Å². The number of fused-ring (bicyclic) bond motifs is 1. The van der Waals surface area contributed by atoms with Crippen molar-refractivity contribution in [2.75, 3.05) is 32.2 Å². The largest absolute Gasteiger partial charge is 0.492 e. The van der Waals surface area contributed by atoms with Crippen LogP contribution in [0.1, 0.15) is 21.6 Å². The molecule has 1 fully saturated rings. The zero-order valence-electron chi connectivity index (χ0n) is 17.4. The number of para-hydroxylation sites is 1. The van der Waals surface area contributed by atoms with Gasteiger partial charge < -0.3 is 25.1 Å². The predicted molar refractivity (Wildman–Crippen MR) is 117 cm³/mol. The van der Waals surface area contributed by atoms with E-state index in [1.807, 2.05) is 6.07 Å². The zero-order chi connectivity index (χ0) is 22.1. The Hall–Kier alpha value is -3.83. The number of benzene rings is 1. The Morgan fingerprint density at radius 2 is 2.19 bits per heavy atom. The molecule has 0 spiro atoms. The van der Waals surface area contributed by atoms with E-state index < -0.39 is 5.82 Å². The van der Waals surface area contributed by atoms with Gasteiger partial charge in [0.25, 0.3) is 5.91 Å². The zero-order valence-corrected chi connectivity index (χ0v) is 17.4. The molecule has 3 N–H and O–H groups in total. The molecule has 3 aromatic rings. The molecule has 0 bridgehead atoms. The summed E-state index contributed by atoms with van der Waals surface area (Å²) < 4.78 is 24.8. The number of carbonyl (C=O) groups excluding carboxylic acids is 1. The number of nitrogens with one attached hydrogen (secondary N) is 3. The first-order valence-electron chi connectivity index (χ1n) is 10.3. The van der Waals surface area contributed by atoms with E-state index in [-0.39, 0.29) is 17.6 Å². The van der Waals surface area contributed by atoms with Crippen LogP contribution in [0.15, 0.2) is 36.7 Å². The van der Waals surface area contributed by atoms with E-state index in [2.05, 4.69) is 32.4 Å². The number of H-pyrrole nitrogens is 1. The molecule has 2 aliphatic heterocycles. The van der Waals surface area contributed by atoms with Gasteiger partial charge >= 0.3 is 0 Å². The molecule has 0 saturated carbocycles. The van der Waals surface area contributed by atoms with E-state index in [4.69, 9.17) is 9.47 Å². The highest BCUT2D eigenvalue weighted by atomic mass is 19.1. The van der Waals surface area contributed by atoms with Crippen LogP contribution in [0.4, 0.5) is 15.8 Å². The van der Waals surface area contributed by atoms with Crippen molar-refractivity contribution in [3.05, 3.63) is 59.3 Å². The molecule has 1 amide bonds. The number of methoxy groups -OCH3 is 1. The van der Waals surface area contributed by atoms with E-state index in [0.717, 1.165) is 16.8 Å². The number of aromatic amines is 1. The number of ether oxygens (including phenoxy) is 2. The third kappa shape index (κ3) is 3.57. The van der Waals surface area contributed by atoms with Crippen LogP contribution in [-0.2, 0) is 11.2 Å². The fourth-order valence-corrected chi connectivity index (χ4v) is 3.87. The molecular weight excluding hydrogens is 411 g/mol. The summed E-state index contributed by atoms with van der Waals surface area (Å²) in [6, 6.07) is 6.47. The molecule has 0 unspecified atom stereocenters. The molecule has 32 heavy (non-hydrogen) atoms. The predicted octanol–water partition coefficient (Wildman–Crippen LogP) is 3.25. The van der Waals surface area contributed by atoms with Crippen LogP contribution in [-0.4, -0.2) is 42.7 Å². The van der Waals surface area contributed by atoms with Crippen molar-refractivity contribution < 1.29 is 18.7 Å². The number of anilines is 2. The summed E-state index contributed by atoms with van der Waals surface area (Å²) in [5, 5.41) is 6.12. The second-order valence-electron chi connectivity index (χ2n) is 7.61. The lowest BCUT2D eigenvalue weighted by Gasteiger charge is -2.20. The summed E-state index contributed by atoms with van der Waals surface area (Å²) in [5.41, 5.74) is 4.49. The normalized spacial score (nSPS) is 15.1. The Morgan fingerprint density at radius 1 is 1.31 bits per heavy atom. The van der Waals surface area contributed by atoms with Crippen molar-refractivity contribution in [2.45, 2.75) is 6.42 Å². The van der Waals surface area contributed by atoms with Gasteiger partial charge in [-0.05, 0) is 18.2 Å². The number of halogens is 1. The fourth-order valence-electron chi connectivity index (χ4n) is 3.87. The highest BCUT2D eigenvalue weighted by molar-refractivity contribution is 6.06. The summed E-state index contributed by atoms with van der Waals surface area (Å²) in [5.74, 6) is 6.01. The third-order valence-corrected chi connectivity index (χ3v) is 5.54. The Balaban J connectivity index is 1.65. The number of amides is 1. The maximum atomic E-state index is 14.3. The quantitative estimate of drug-likeness (QED) is 0.551. The minimum atomic E-state index is -0.494. The summed E-state index contributed by atoms with van der Waals surface area (Å²) in [6.07, 6.45) is 4.04. The average Bonchev–Trinajstić information content (AvgIpc) is 3.12. The van der Waals surface area contributed by atoms with E-state index in [0.29, 0.717) is 48.8 Å². The van der Waals surface area contributed by atoms with Gasteiger partial charge in [-0.2, -0.15) is 0 Å². The van der Waals surface area contributed by atoms with Crippen molar-refractivity contribution >= 4 is 17.3 Å². The number of carbonyl (C=O) groups is 1. The topological polar surface area (TPSA) is 88.3 Å². The molecule has 0 aliphatic carbocycles. The van der Waals surface area contributed by atoms with Crippen molar-refractivity contribution in [2.24, 2.45) is 5.92 Å². The summed E-state index contributed by atoms with van der Waals surface area (Å²) in [6.45, 7) is 1.80. The van der Waals surface area contributed by atoms with Crippen LogP contribution in [0.3, 0.4) is 0 Å². The van der Waals surface area contributed by atoms with Crippen molar-refractivity contribution in [1.29, 1.82) is 0 Å². The van der Waals surface area contributed by atoms with Gasteiger partial charge in [-0.15, -0.1) is 0 Å². The van der Waals surface area contributed by atoms with Crippen molar-refractivity contribution in [3.8, 4) is 28.8 Å².